The van der Waals surface area contributed by atoms with Crippen LogP contribution in [0.5, 0.6) is 0 Å². The highest BCUT2D eigenvalue weighted by molar-refractivity contribution is 5.81. The molecule has 0 saturated heterocycles. The first-order chi connectivity index (χ1) is 5.49. The van der Waals surface area contributed by atoms with Crippen LogP contribution in [0.3, 0.4) is 0 Å². The zero-order chi connectivity index (χ0) is 9.19. The summed E-state index contributed by atoms with van der Waals surface area (Å²) >= 11 is 0. The molecule has 0 aromatic rings. The van der Waals surface area contributed by atoms with E-state index in [9.17, 15) is 4.79 Å². The van der Waals surface area contributed by atoms with Gasteiger partial charge in [-0.15, -0.1) is 0 Å². The Hall–Kier alpha value is -1.06. The summed E-state index contributed by atoms with van der Waals surface area (Å²) in [5, 5.41) is 3.74. The van der Waals surface area contributed by atoms with Crippen molar-refractivity contribution < 1.29 is 9.53 Å². The topological polar surface area (TPSA) is 50.7 Å². The number of hydrogen-bond donors (Lipinski definition) is 1. The Morgan fingerprint density at radius 2 is 2.33 bits per heavy atom. The van der Waals surface area contributed by atoms with Crippen molar-refractivity contribution in [3.63, 3.8) is 0 Å². The van der Waals surface area contributed by atoms with Crippen LogP contribution in [0.4, 0.5) is 0 Å². The Balaban J connectivity index is 2.39. The van der Waals surface area contributed by atoms with Crippen LogP contribution in [0.25, 0.3) is 0 Å². The van der Waals surface area contributed by atoms with Crippen LogP contribution in [0.15, 0.2) is 5.10 Å². The van der Waals surface area contributed by atoms with Gasteiger partial charge < -0.3 is 4.74 Å². The molecule has 1 atom stereocenters. The summed E-state index contributed by atoms with van der Waals surface area (Å²) in [6, 6.07) is -0.288. The molecule has 0 fully saturated rings. The van der Waals surface area contributed by atoms with Crippen LogP contribution >= 0.6 is 0 Å². The molecule has 0 aromatic carbocycles. The van der Waals surface area contributed by atoms with Crippen molar-refractivity contribution in [2.75, 3.05) is 0 Å². The second kappa shape index (κ2) is 3.13. The lowest BCUT2D eigenvalue weighted by molar-refractivity contribution is -0.157. The Bertz CT molecular complexity index is 198. The van der Waals surface area contributed by atoms with Crippen molar-refractivity contribution >= 4 is 12.2 Å². The number of carbonyl (C=O) groups is 1. The predicted octanol–water partition coefficient (Wildman–Crippen LogP) is 0.676. The summed E-state index contributed by atoms with van der Waals surface area (Å²) in [6.45, 7) is 5.54. The molecule has 1 heterocycles. The van der Waals surface area contributed by atoms with Gasteiger partial charge in [0.1, 0.15) is 11.6 Å². The average molecular weight is 170 g/mol. The lowest BCUT2D eigenvalue weighted by atomic mass is 10.2. The molecule has 0 radical (unpaired) electrons. The third-order valence-electron chi connectivity index (χ3n) is 1.35. The summed E-state index contributed by atoms with van der Waals surface area (Å²) in [6.07, 6.45) is 2.30. The fourth-order valence-electron chi connectivity index (χ4n) is 0.875. The molecule has 0 amide bonds. The average Bonchev–Trinajstić information content (AvgIpc) is 2.32. The number of nitrogens with zero attached hydrogens (tertiary/aromatic N) is 1. The highest BCUT2D eigenvalue weighted by Crippen LogP contribution is 2.10. The van der Waals surface area contributed by atoms with Gasteiger partial charge in [-0.2, -0.15) is 5.10 Å². The molecule has 0 bridgehead atoms. The van der Waals surface area contributed by atoms with Crippen LogP contribution in [0, 0.1) is 0 Å². The van der Waals surface area contributed by atoms with Crippen LogP contribution in [0.2, 0.25) is 0 Å². The molecule has 4 nitrogen and oxygen atoms in total. The van der Waals surface area contributed by atoms with E-state index in [1.165, 1.54) is 0 Å². The van der Waals surface area contributed by atoms with Gasteiger partial charge in [0.05, 0.1) is 0 Å². The molecule has 0 spiro atoms. The maximum Gasteiger partial charge on any atom is 0.331 e. The highest BCUT2D eigenvalue weighted by atomic mass is 16.6. The number of nitrogens with one attached hydrogen (secondary N) is 1. The minimum Gasteiger partial charge on any atom is -0.458 e. The van der Waals surface area contributed by atoms with E-state index in [1.54, 1.807) is 6.21 Å². The SMILES string of the molecule is CC(C)(C)OC(=O)[C@@H]1CC=NN1. The first-order valence-electron chi connectivity index (χ1n) is 3.99. The third-order valence-corrected chi connectivity index (χ3v) is 1.35. The van der Waals surface area contributed by atoms with E-state index in [-0.39, 0.29) is 12.0 Å². The van der Waals surface area contributed by atoms with Gasteiger partial charge in [0.15, 0.2) is 0 Å². The quantitative estimate of drug-likeness (QED) is 0.588. The lowest BCUT2D eigenvalue weighted by Gasteiger charge is -2.21. The van der Waals surface area contributed by atoms with Crippen molar-refractivity contribution in [3.05, 3.63) is 0 Å². The zero-order valence-corrected chi connectivity index (χ0v) is 7.63. The second-order valence-electron chi connectivity index (χ2n) is 3.76. The molecule has 1 rings (SSSR count). The minimum atomic E-state index is -0.415. The third kappa shape index (κ3) is 2.53. The zero-order valence-electron chi connectivity index (χ0n) is 7.63. The minimum absolute atomic E-state index is 0.236. The Labute approximate surface area is 72.0 Å². The first-order valence-corrected chi connectivity index (χ1v) is 3.99. The predicted molar refractivity (Wildman–Crippen MR) is 45.9 cm³/mol. The first kappa shape index (κ1) is 9.03. The van der Waals surface area contributed by atoms with Crippen LogP contribution in [0.1, 0.15) is 27.2 Å². The largest absolute Gasteiger partial charge is 0.458 e. The second-order valence-corrected chi connectivity index (χ2v) is 3.76. The number of hydrogen-bond acceptors (Lipinski definition) is 4. The fraction of sp³-hybridized carbons (Fsp3) is 0.750. The van der Waals surface area contributed by atoms with Crippen LogP contribution in [-0.2, 0) is 9.53 Å². The van der Waals surface area contributed by atoms with Gasteiger partial charge in [-0.3, -0.25) is 5.43 Å². The maximum absolute atomic E-state index is 11.3. The fourth-order valence-corrected chi connectivity index (χ4v) is 0.875. The normalized spacial score (nSPS) is 22.1. The molecule has 1 N–H and O–H groups in total. The monoisotopic (exact) mass is 170 g/mol. The molecule has 68 valence electrons. The number of carbonyl (C=O) groups excluding carboxylic acids is 1. The Morgan fingerprint density at radius 3 is 2.75 bits per heavy atom. The van der Waals surface area contributed by atoms with Gasteiger partial charge >= 0.3 is 5.97 Å². The molecule has 0 saturated carbocycles. The lowest BCUT2D eigenvalue weighted by Crippen LogP contribution is -2.36. The van der Waals surface area contributed by atoms with E-state index >= 15 is 0 Å². The summed E-state index contributed by atoms with van der Waals surface area (Å²) < 4.78 is 5.14. The van der Waals surface area contributed by atoms with E-state index < -0.39 is 5.60 Å². The van der Waals surface area contributed by atoms with E-state index in [0.717, 1.165) is 0 Å². The van der Waals surface area contributed by atoms with Gasteiger partial charge in [0.25, 0.3) is 0 Å². The molecule has 4 heteroatoms. The van der Waals surface area contributed by atoms with Crippen molar-refractivity contribution in [1.82, 2.24) is 5.43 Å². The number of esters is 1. The van der Waals surface area contributed by atoms with Crippen molar-refractivity contribution in [2.45, 2.75) is 38.8 Å². The molecular formula is C8H14N2O2. The molecular weight excluding hydrogens is 156 g/mol. The van der Waals surface area contributed by atoms with E-state index in [0.29, 0.717) is 6.42 Å². The van der Waals surface area contributed by atoms with Crippen molar-refractivity contribution in [2.24, 2.45) is 5.10 Å². The molecule has 0 aliphatic carbocycles. The van der Waals surface area contributed by atoms with Gasteiger partial charge in [-0.25, -0.2) is 4.79 Å². The van der Waals surface area contributed by atoms with Gasteiger partial charge in [0.2, 0.25) is 0 Å². The van der Waals surface area contributed by atoms with Crippen LogP contribution < -0.4 is 5.43 Å². The molecule has 0 unspecified atom stereocenters. The van der Waals surface area contributed by atoms with E-state index in [2.05, 4.69) is 10.5 Å². The van der Waals surface area contributed by atoms with E-state index in [4.69, 9.17) is 4.74 Å². The standard InChI is InChI=1S/C8H14N2O2/c1-8(2,3)12-7(11)6-4-5-9-10-6/h5-6,10H,4H2,1-3H3/t6-/m0/s1. The summed E-state index contributed by atoms with van der Waals surface area (Å²) in [5.41, 5.74) is 2.26. The summed E-state index contributed by atoms with van der Waals surface area (Å²) in [5.74, 6) is -0.236. The molecule has 1 aliphatic rings. The number of hydrazone groups is 1. The van der Waals surface area contributed by atoms with Crippen molar-refractivity contribution in [1.29, 1.82) is 0 Å². The molecule has 12 heavy (non-hydrogen) atoms. The van der Waals surface area contributed by atoms with E-state index in [1.807, 2.05) is 20.8 Å². The summed E-state index contributed by atoms with van der Waals surface area (Å²) in [7, 11) is 0. The molecule has 0 aromatic heterocycles. The van der Waals surface area contributed by atoms with Crippen LogP contribution in [-0.4, -0.2) is 23.8 Å². The number of rotatable bonds is 1. The van der Waals surface area contributed by atoms with Gasteiger partial charge in [-0.05, 0) is 20.8 Å². The summed E-state index contributed by atoms with van der Waals surface area (Å²) in [4.78, 5) is 11.3. The highest BCUT2D eigenvalue weighted by Gasteiger charge is 2.25. The van der Waals surface area contributed by atoms with Gasteiger partial charge in [-0.1, -0.05) is 0 Å². The maximum atomic E-state index is 11.3. The number of ether oxygens (including phenoxy) is 1. The van der Waals surface area contributed by atoms with Gasteiger partial charge in [0, 0.05) is 12.6 Å². The Morgan fingerprint density at radius 1 is 1.67 bits per heavy atom. The molecule has 1 aliphatic heterocycles. The smallest absolute Gasteiger partial charge is 0.331 e. The van der Waals surface area contributed by atoms with Crippen molar-refractivity contribution in [3.8, 4) is 0 Å². The Kier molecular flexibility index (Phi) is 2.35.